The number of ether oxygens (including phenoxy) is 2. The average molecular weight is 473 g/mol. The predicted molar refractivity (Wildman–Crippen MR) is 116 cm³/mol. The smallest absolute Gasteiger partial charge is 0.870 e. The third-order valence-electron chi connectivity index (χ3n) is 4.12. The van der Waals surface area contributed by atoms with Crippen molar-refractivity contribution in [2.75, 3.05) is 26.3 Å². The molecule has 0 heterocycles. The molecular weight excluding hydrogens is 443 g/mol. The Morgan fingerprint density at radius 2 is 1.19 bits per heavy atom. The van der Waals surface area contributed by atoms with Gasteiger partial charge in [0, 0.05) is 30.9 Å². The molecule has 0 aliphatic carbocycles. The van der Waals surface area contributed by atoms with E-state index in [0.717, 1.165) is 0 Å². The van der Waals surface area contributed by atoms with Crippen LogP contribution in [0.1, 0.15) is 38.8 Å². The average Bonchev–Trinajstić information content (AvgIpc) is 2.68. The summed E-state index contributed by atoms with van der Waals surface area (Å²) < 4.78 is 10.7. The Bertz CT molecular complexity index is 800. The normalized spacial score (nSPS) is 11.2. The molecular formula is C23H30N2NiO5. The van der Waals surface area contributed by atoms with Crippen LogP contribution < -0.4 is 19.7 Å². The van der Waals surface area contributed by atoms with Gasteiger partial charge >= 0.3 is 16.5 Å². The van der Waals surface area contributed by atoms with E-state index in [1.807, 2.05) is 27.7 Å². The van der Waals surface area contributed by atoms with Crippen molar-refractivity contribution in [3.05, 3.63) is 47.5 Å². The third kappa shape index (κ3) is 8.60. The van der Waals surface area contributed by atoms with Gasteiger partial charge in [-0.1, -0.05) is 49.6 Å². The van der Waals surface area contributed by atoms with Gasteiger partial charge in [-0.3, -0.25) is 9.98 Å². The number of rotatable bonds is 10. The van der Waals surface area contributed by atoms with Gasteiger partial charge in [0.05, 0.1) is 13.2 Å². The van der Waals surface area contributed by atoms with E-state index < -0.39 is 0 Å². The molecule has 2 aromatic carbocycles. The molecule has 0 aliphatic rings. The maximum Gasteiger partial charge on any atom is 2.00 e. The first kappa shape index (κ1) is 28.4. The molecule has 0 spiro atoms. The van der Waals surface area contributed by atoms with Gasteiger partial charge in [-0.05, 0) is 37.1 Å². The monoisotopic (exact) mass is 472 g/mol. The standard InChI is InChI=1S/C23H30N2O4.Ni.H2O/c1-5-28-19-11-7-9-17(21(19)26)13-24-15-23(3,4)16-25-14-18-10-8-12-20(22(18)27)29-6-2;;/h7-14,26-27H,5-6,15-16H2,1-4H3;;1H2/q;+2;/p-2. The Hall–Kier alpha value is -2.57. The first-order chi connectivity index (χ1) is 13.9. The molecule has 8 heteroatoms. The summed E-state index contributed by atoms with van der Waals surface area (Å²) in [5.74, 6) is 0.350. The number of benzene rings is 2. The molecule has 172 valence electrons. The maximum atomic E-state index is 12.3. The van der Waals surface area contributed by atoms with Crippen LogP contribution >= 0.6 is 0 Å². The predicted octanol–water partition coefficient (Wildman–Crippen LogP) is 2.37. The summed E-state index contributed by atoms with van der Waals surface area (Å²) in [7, 11) is 0. The van der Waals surface area contributed by atoms with Crippen LogP contribution in [0.15, 0.2) is 46.4 Å². The number of para-hydroxylation sites is 2. The van der Waals surface area contributed by atoms with Gasteiger partial charge in [0.2, 0.25) is 0 Å². The summed E-state index contributed by atoms with van der Waals surface area (Å²) >= 11 is 0. The van der Waals surface area contributed by atoms with Gasteiger partial charge < -0.3 is 25.2 Å². The van der Waals surface area contributed by atoms with Crippen molar-refractivity contribution < 1.29 is 41.7 Å². The first-order valence-corrected chi connectivity index (χ1v) is 9.73. The minimum atomic E-state index is -0.228. The van der Waals surface area contributed by atoms with Gasteiger partial charge in [0.1, 0.15) is 11.5 Å². The van der Waals surface area contributed by atoms with Crippen LogP contribution in [0.5, 0.6) is 23.0 Å². The molecule has 0 aromatic heterocycles. The fraction of sp³-hybridized carbons (Fsp3) is 0.391. The molecule has 0 saturated heterocycles. The Labute approximate surface area is 194 Å². The third-order valence-corrected chi connectivity index (χ3v) is 4.12. The van der Waals surface area contributed by atoms with Crippen LogP contribution in [0.4, 0.5) is 0 Å². The molecule has 0 unspecified atom stereocenters. The molecule has 2 rings (SSSR count). The largest absolute Gasteiger partial charge is 2.00 e. The van der Waals surface area contributed by atoms with Crippen LogP contribution in [-0.4, -0.2) is 44.2 Å². The van der Waals surface area contributed by atoms with Crippen molar-refractivity contribution in [3.8, 4) is 23.0 Å². The van der Waals surface area contributed by atoms with E-state index in [4.69, 9.17) is 9.47 Å². The fourth-order valence-corrected chi connectivity index (χ4v) is 2.64. The molecule has 2 aromatic rings. The maximum absolute atomic E-state index is 12.3. The summed E-state index contributed by atoms with van der Waals surface area (Å²) in [6.45, 7) is 9.62. The molecule has 0 fully saturated rings. The molecule has 0 saturated carbocycles. The van der Waals surface area contributed by atoms with E-state index >= 15 is 0 Å². The van der Waals surface area contributed by atoms with Crippen molar-refractivity contribution in [1.82, 2.24) is 0 Å². The second-order valence-corrected chi connectivity index (χ2v) is 7.32. The Morgan fingerprint density at radius 1 is 0.806 bits per heavy atom. The van der Waals surface area contributed by atoms with E-state index in [0.29, 0.717) is 48.9 Å². The van der Waals surface area contributed by atoms with E-state index in [1.165, 1.54) is 0 Å². The Kier molecular flexibility index (Phi) is 12.5. The van der Waals surface area contributed by atoms with Gasteiger partial charge in [-0.25, -0.2) is 0 Å². The van der Waals surface area contributed by atoms with Crippen LogP contribution in [0.25, 0.3) is 0 Å². The van der Waals surface area contributed by atoms with Crippen molar-refractivity contribution in [1.29, 1.82) is 0 Å². The number of hydrogen-bond acceptors (Lipinski definition) is 6. The second kappa shape index (κ2) is 13.7. The SMILES string of the molecule is CCOc1cccc(C=NCC(C)(C)CN=Cc2cccc(OCC)c2[O-])c1[O-].O.[Ni+2]. The summed E-state index contributed by atoms with van der Waals surface area (Å²) in [4.78, 5) is 8.84. The zero-order valence-corrected chi connectivity index (χ0v) is 19.3. The fourth-order valence-electron chi connectivity index (χ4n) is 2.64. The number of aliphatic imine (C=N–C) groups is 2. The van der Waals surface area contributed by atoms with E-state index in [9.17, 15) is 10.2 Å². The minimum Gasteiger partial charge on any atom is -0.870 e. The van der Waals surface area contributed by atoms with Gasteiger partial charge in [0.15, 0.2) is 0 Å². The topological polar surface area (TPSA) is 121 Å². The minimum absolute atomic E-state index is 0. The Morgan fingerprint density at radius 3 is 1.55 bits per heavy atom. The van der Waals surface area contributed by atoms with Crippen molar-refractivity contribution in [2.45, 2.75) is 27.7 Å². The van der Waals surface area contributed by atoms with Crippen molar-refractivity contribution in [3.63, 3.8) is 0 Å². The number of hydrogen-bond donors (Lipinski definition) is 0. The summed E-state index contributed by atoms with van der Waals surface area (Å²) in [5, 5.41) is 24.5. The molecule has 0 atom stereocenters. The number of nitrogens with zero attached hydrogens (tertiary/aromatic N) is 2. The molecule has 0 radical (unpaired) electrons. The van der Waals surface area contributed by atoms with Crippen LogP contribution in [0.3, 0.4) is 0 Å². The second-order valence-electron chi connectivity index (χ2n) is 7.32. The molecule has 31 heavy (non-hydrogen) atoms. The summed E-state index contributed by atoms with van der Waals surface area (Å²) in [5.41, 5.74) is 0.770. The summed E-state index contributed by atoms with van der Waals surface area (Å²) in [6.07, 6.45) is 3.16. The molecule has 7 nitrogen and oxygen atoms in total. The zero-order valence-electron chi connectivity index (χ0n) is 18.3. The van der Waals surface area contributed by atoms with Gasteiger partial charge in [-0.2, -0.15) is 0 Å². The van der Waals surface area contributed by atoms with Crippen LogP contribution in [-0.2, 0) is 16.5 Å². The molecule has 0 aliphatic heterocycles. The van der Waals surface area contributed by atoms with E-state index in [2.05, 4.69) is 9.98 Å². The van der Waals surface area contributed by atoms with E-state index in [1.54, 1.807) is 48.8 Å². The quantitative estimate of drug-likeness (QED) is 0.389. The van der Waals surface area contributed by atoms with Gasteiger partial charge in [-0.15, -0.1) is 0 Å². The van der Waals surface area contributed by atoms with Crippen LogP contribution in [0, 0.1) is 5.41 Å². The first-order valence-electron chi connectivity index (χ1n) is 9.73. The van der Waals surface area contributed by atoms with Crippen molar-refractivity contribution >= 4 is 12.4 Å². The van der Waals surface area contributed by atoms with Crippen LogP contribution in [0.2, 0.25) is 0 Å². The molecule has 0 amide bonds. The van der Waals surface area contributed by atoms with Crippen molar-refractivity contribution in [2.24, 2.45) is 15.4 Å². The zero-order chi connectivity index (χ0) is 21.3. The summed E-state index contributed by atoms with van der Waals surface area (Å²) in [6, 6.07) is 10.3. The molecule has 0 bridgehead atoms. The van der Waals surface area contributed by atoms with Gasteiger partial charge in [0.25, 0.3) is 0 Å². The van der Waals surface area contributed by atoms with E-state index in [-0.39, 0.29) is 38.9 Å². The Balaban J connectivity index is 0.00000450. The molecule has 2 N–H and O–H groups in total.